The Morgan fingerprint density at radius 2 is 1.93 bits per heavy atom. The first-order valence-electron chi connectivity index (χ1n) is 8.65. The molecule has 1 unspecified atom stereocenters. The molecule has 144 valence electrons. The van der Waals surface area contributed by atoms with E-state index in [9.17, 15) is 13.5 Å². The number of fused-ring (bicyclic) bond motifs is 1. The lowest BCUT2D eigenvalue weighted by Gasteiger charge is -2.22. The molecule has 0 saturated carbocycles. The largest absolute Gasteiger partial charge is 0.495 e. The topological polar surface area (TPSA) is 75.6 Å². The van der Waals surface area contributed by atoms with E-state index in [0.29, 0.717) is 11.3 Å². The van der Waals surface area contributed by atoms with Gasteiger partial charge in [0, 0.05) is 16.1 Å². The Labute approximate surface area is 163 Å². The summed E-state index contributed by atoms with van der Waals surface area (Å²) in [6.07, 6.45) is 0.714. The van der Waals surface area contributed by atoms with E-state index in [-0.39, 0.29) is 17.2 Å². The van der Waals surface area contributed by atoms with Crippen LogP contribution in [-0.2, 0) is 22.0 Å². The van der Waals surface area contributed by atoms with Crippen molar-refractivity contribution in [2.24, 2.45) is 0 Å². The molecule has 0 aliphatic carbocycles. The minimum atomic E-state index is -3.84. The molecule has 0 aliphatic heterocycles. The Hall–Kier alpha value is -1.93. The molecule has 2 aromatic carbocycles. The van der Waals surface area contributed by atoms with Gasteiger partial charge in [0.2, 0.25) is 10.0 Å². The maximum absolute atomic E-state index is 12.8. The fourth-order valence-corrected chi connectivity index (χ4v) is 5.25. The fourth-order valence-electron chi connectivity index (χ4n) is 2.80. The summed E-state index contributed by atoms with van der Waals surface area (Å²) in [6, 6.07) is 14.8. The number of hydrogen-bond donors (Lipinski definition) is 2. The molecule has 3 aromatic rings. The molecule has 0 saturated heterocycles. The lowest BCUT2D eigenvalue weighted by Crippen LogP contribution is -2.38. The summed E-state index contributed by atoms with van der Waals surface area (Å²) in [7, 11) is -2.40. The zero-order valence-corrected chi connectivity index (χ0v) is 17.2. The van der Waals surface area contributed by atoms with Gasteiger partial charge in [0.25, 0.3) is 0 Å². The lowest BCUT2D eigenvalue weighted by molar-refractivity contribution is 0.0666. The van der Waals surface area contributed by atoms with Crippen molar-refractivity contribution in [1.29, 1.82) is 0 Å². The molecule has 3 rings (SSSR count). The highest BCUT2D eigenvalue weighted by atomic mass is 32.2. The molecule has 0 amide bonds. The molecule has 0 fully saturated rings. The SMILES string of the molecule is CCc1ccc(OC)c(S(=O)(=O)NCC(C)(O)c2cc3ccccc3s2)c1. The number of sulfonamides is 1. The minimum Gasteiger partial charge on any atom is -0.495 e. The molecule has 0 spiro atoms. The van der Waals surface area contributed by atoms with Crippen molar-refractivity contribution in [3.05, 3.63) is 59.0 Å². The molecule has 0 bridgehead atoms. The van der Waals surface area contributed by atoms with Gasteiger partial charge in [-0.15, -0.1) is 11.3 Å². The highest BCUT2D eigenvalue weighted by Gasteiger charge is 2.29. The van der Waals surface area contributed by atoms with Gasteiger partial charge >= 0.3 is 0 Å². The van der Waals surface area contributed by atoms with Gasteiger partial charge in [-0.1, -0.05) is 31.2 Å². The number of hydrogen-bond acceptors (Lipinski definition) is 5. The first-order valence-corrected chi connectivity index (χ1v) is 10.9. The molecule has 7 heteroatoms. The van der Waals surface area contributed by atoms with Crippen LogP contribution in [0.1, 0.15) is 24.3 Å². The van der Waals surface area contributed by atoms with E-state index in [1.165, 1.54) is 18.4 Å². The van der Waals surface area contributed by atoms with Crippen molar-refractivity contribution in [1.82, 2.24) is 4.72 Å². The second-order valence-corrected chi connectivity index (χ2v) is 9.40. The summed E-state index contributed by atoms with van der Waals surface area (Å²) in [6.45, 7) is 3.43. The van der Waals surface area contributed by atoms with E-state index in [4.69, 9.17) is 4.74 Å². The maximum Gasteiger partial charge on any atom is 0.244 e. The van der Waals surface area contributed by atoms with Gasteiger partial charge < -0.3 is 9.84 Å². The van der Waals surface area contributed by atoms with E-state index in [1.54, 1.807) is 19.1 Å². The van der Waals surface area contributed by atoms with Gasteiger partial charge in [-0.3, -0.25) is 0 Å². The molecule has 27 heavy (non-hydrogen) atoms. The third kappa shape index (κ3) is 4.16. The van der Waals surface area contributed by atoms with Crippen LogP contribution in [0.2, 0.25) is 0 Å². The molecule has 1 atom stereocenters. The average molecular weight is 406 g/mol. The maximum atomic E-state index is 12.8. The highest BCUT2D eigenvalue weighted by Crippen LogP contribution is 2.33. The zero-order chi connectivity index (χ0) is 19.7. The number of aryl methyl sites for hydroxylation is 1. The van der Waals surface area contributed by atoms with Crippen LogP contribution in [0.15, 0.2) is 53.4 Å². The van der Waals surface area contributed by atoms with Crippen LogP contribution < -0.4 is 9.46 Å². The average Bonchev–Trinajstić information content (AvgIpc) is 3.11. The van der Waals surface area contributed by atoms with Crippen LogP contribution in [0.25, 0.3) is 10.1 Å². The molecule has 1 heterocycles. The third-order valence-corrected chi connectivity index (χ3v) is 7.28. The van der Waals surface area contributed by atoms with E-state index in [0.717, 1.165) is 15.6 Å². The van der Waals surface area contributed by atoms with Crippen LogP contribution in [0.4, 0.5) is 0 Å². The zero-order valence-electron chi connectivity index (χ0n) is 15.5. The Morgan fingerprint density at radius 1 is 1.19 bits per heavy atom. The van der Waals surface area contributed by atoms with E-state index in [2.05, 4.69) is 4.72 Å². The summed E-state index contributed by atoms with van der Waals surface area (Å²) < 4.78 is 34.5. The molecular formula is C20H23NO4S2. The number of nitrogens with one attached hydrogen (secondary N) is 1. The van der Waals surface area contributed by atoms with E-state index < -0.39 is 15.6 Å². The predicted molar refractivity (Wildman–Crippen MR) is 109 cm³/mol. The van der Waals surface area contributed by atoms with Crippen LogP contribution in [0.5, 0.6) is 5.75 Å². The standard InChI is InChI=1S/C20H23NO4S2/c1-4-14-9-10-16(25-3)18(11-14)27(23,24)21-13-20(2,22)19-12-15-7-5-6-8-17(15)26-19/h5-12,21-22H,4,13H2,1-3H3. The summed E-state index contributed by atoms with van der Waals surface area (Å²) in [4.78, 5) is 0.789. The number of thiophene rings is 1. The van der Waals surface area contributed by atoms with Crippen molar-refractivity contribution in [3.8, 4) is 5.75 Å². The second-order valence-electron chi connectivity index (χ2n) is 6.59. The summed E-state index contributed by atoms with van der Waals surface area (Å²) in [5, 5.41) is 11.9. The Balaban J connectivity index is 1.86. The van der Waals surface area contributed by atoms with Crippen molar-refractivity contribution < 1.29 is 18.3 Å². The van der Waals surface area contributed by atoms with Crippen molar-refractivity contribution in [2.45, 2.75) is 30.8 Å². The molecule has 0 radical (unpaired) electrons. The van der Waals surface area contributed by atoms with E-state index >= 15 is 0 Å². The van der Waals surface area contributed by atoms with Crippen LogP contribution in [0, 0.1) is 0 Å². The normalized spacial score (nSPS) is 14.2. The molecule has 2 N–H and O–H groups in total. The predicted octanol–water partition coefficient (Wildman–Crippen LogP) is 3.66. The minimum absolute atomic E-state index is 0.0801. The van der Waals surface area contributed by atoms with Crippen LogP contribution >= 0.6 is 11.3 Å². The fraction of sp³-hybridized carbons (Fsp3) is 0.300. The van der Waals surface area contributed by atoms with Gasteiger partial charge in [0.15, 0.2) is 0 Å². The van der Waals surface area contributed by atoms with E-state index in [1.807, 2.05) is 43.3 Å². The number of aliphatic hydroxyl groups is 1. The lowest BCUT2D eigenvalue weighted by atomic mass is 10.1. The van der Waals surface area contributed by atoms with Gasteiger partial charge in [-0.2, -0.15) is 0 Å². The second kappa shape index (κ2) is 7.59. The molecule has 0 aliphatic rings. The number of rotatable bonds is 7. The van der Waals surface area contributed by atoms with Crippen molar-refractivity contribution in [3.63, 3.8) is 0 Å². The number of ether oxygens (including phenoxy) is 1. The van der Waals surface area contributed by atoms with Gasteiger partial charge in [0.1, 0.15) is 16.2 Å². The van der Waals surface area contributed by atoms with Gasteiger partial charge in [-0.25, -0.2) is 13.1 Å². The van der Waals surface area contributed by atoms with Gasteiger partial charge in [0.05, 0.1) is 7.11 Å². The van der Waals surface area contributed by atoms with Crippen molar-refractivity contribution >= 4 is 31.4 Å². The first kappa shape index (κ1) is 19.8. The third-order valence-electron chi connectivity index (χ3n) is 4.49. The number of methoxy groups -OCH3 is 1. The first-order chi connectivity index (χ1) is 12.8. The smallest absolute Gasteiger partial charge is 0.244 e. The monoisotopic (exact) mass is 405 g/mol. The Kier molecular flexibility index (Phi) is 5.58. The van der Waals surface area contributed by atoms with Gasteiger partial charge in [-0.05, 0) is 48.6 Å². The Bertz CT molecular complexity index is 1020. The molecule has 5 nitrogen and oxygen atoms in total. The summed E-state index contributed by atoms with van der Waals surface area (Å²) >= 11 is 1.45. The number of benzene rings is 2. The van der Waals surface area contributed by atoms with Crippen molar-refractivity contribution in [2.75, 3.05) is 13.7 Å². The quantitative estimate of drug-likeness (QED) is 0.629. The highest BCUT2D eigenvalue weighted by molar-refractivity contribution is 7.89. The summed E-state index contributed by atoms with van der Waals surface area (Å²) in [5.74, 6) is 0.279. The Morgan fingerprint density at radius 3 is 2.59 bits per heavy atom. The van der Waals surface area contributed by atoms with Crippen LogP contribution in [-0.4, -0.2) is 27.2 Å². The van der Waals surface area contributed by atoms with Crippen LogP contribution in [0.3, 0.4) is 0 Å². The summed E-state index contributed by atoms with van der Waals surface area (Å²) in [5.41, 5.74) is -0.431. The molecule has 1 aromatic heterocycles. The molecular weight excluding hydrogens is 382 g/mol.